The first-order valence-electron chi connectivity index (χ1n) is 6.46. The van der Waals surface area contributed by atoms with Gasteiger partial charge in [-0.2, -0.15) is 0 Å². The number of rotatable bonds is 5. The van der Waals surface area contributed by atoms with Crippen LogP contribution in [0.5, 0.6) is 0 Å². The van der Waals surface area contributed by atoms with Crippen LogP contribution < -0.4 is 5.44 Å². The zero-order valence-corrected chi connectivity index (χ0v) is 12.6. The number of hydrogen-bond acceptors (Lipinski definition) is 3. The maximum atomic E-state index is 12.9. The molecule has 0 fully saturated rings. The molecular formula is C14H20NO3P. The van der Waals surface area contributed by atoms with E-state index in [0.29, 0.717) is 5.44 Å². The van der Waals surface area contributed by atoms with Crippen LogP contribution in [-0.2, 0) is 13.6 Å². The first kappa shape index (κ1) is 14.3. The molecule has 2 rings (SSSR count). The molecule has 0 radical (unpaired) electrons. The van der Waals surface area contributed by atoms with Gasteiger partial charge in [-0.1, -0.05) is 18.2 Å². The number of benzene rings is 1. The van der Waals surface area contributed by atoms with Crippen molar-refractivity contribution in [3.05, 3.63) is 30.3 Å². The number of nitrogens with one attached hydrogen (secondary N) is 1. The van der Waals surface area contributed by atoms with Crippen molar-refractivity contribution in [2.45, 2.75) is 39.9 Å². The third-order valence-electron chi connectivity index (χ3n) is 2.51. The Morgan fingerprint density at radius 3 is 2.16 bits per heavy atom. The van der Waals surface area contributed by atoms with Crippen LogP contribution in [0.1, 0.15) is 27.7 Å². The van der Waals surface area contributed by atoms with Gasteiger partial charge in [-0.05, 0) is 39.8 Å². The fourth-order valence-corrected chi connectivity index (χ4v) is 3.84. The summed E-state index contributed by atoms with van der Waals surface area (Å²) in [6.07, 6.45) is -0.341. The van der Waals surface area contributed by atoms with Gasteiger partial charge >= 0.3 is 7.60 Å². The van der Waals surface area contributed by atoms with E-state index in [1.807, 2.05) is 58.0 Å². The first-order chi connectivity index (χ1) is 8.90. The second-order valence-electron chi connectivity index (χ2n) is 5.05. The Hall–Kier alpha value is -1.09. The summed E-state index contributed by atoms with van der Waals surface area (Å²) in [5.41, 5.74) is 1.44. The minimum atomic E-state index is -3.31. The zero-order valence-electron chi connectivity index (χ0n) is 11.7. The lowest BCUT2D eigenvalue weighted by atomic mass is 10.3. The molecule has 0 amide bonds. The number of aromatic nitrogens is 1. The topological polar surface area (TPSA) is 51.3 Å². The lowest BCUT2D eigenvalue weighted by molar-refractivity contribution is 0.149. The van der Waals surface area contributed by atoms with Crippen LogP contribution in [0.3, 0.4) is 0 Å². The molecule has 0 aliphatic heterocycles. The van der Waals surface area contributed by atoms with Crippen LogP contribution in [0.25, 0.3) is 10.9 Å². The molecule has 19 heavy (non-hydrogen) atoms. The van der Waals surface area contributed by atoms with E-state index in [1.54, 1.807) is 0 Å². The molecular weight excluding hydrogens is 261 g/mol. The monoisotopic (exact) mass is 281 g/mol. The van der Waals surface area contributed by atoms with Gasteiger partial charge in [0.15, 0.2) is 0 Å². The molecule has 0 saturated heterocycles. The molecule has 0 spiro atoms. The van der Waals surface area contributed by atoms with Gasteiger partial charge in [-0.15, -0.1) is 0 Å². The zero-order chi connectivity index (χ0) is 14.0. The van der Waals surface area contributed by atoms with Crippen LogP contribution in [-0.4, -0.2) is 17.2 Å². The van der Waals surface area contributed by atoms with E-state index >= 15 is 0 Å². The summed E-state index contributed by atoms with van der Waals surface area (Å²) in [4.78, 5) is 3.13. The van der Waals surface area contributed by atoms with Gasteiger partial charge in [-0.3, -0.25) is 4.57 Å². The van der Waals surface area contributed by atoms with Crippen molar-refractivity contribution in [3.8, 4) is 0 Å². The number of H-pyrrole nitrogens is 1. The van der Waals surface area contributed by atoms with E-state index in [1.165, 1.54) is 0 Å². The molecule has 1 N–H and O–H groups in total. The number of aromatic amines is 1. The summed E-state index contributed by atoms with van der Waals surface area (Å²) in [7, 11) is -3.31. The van der Waals surface area contributed by atoms with Crippen LogP contribution in [0.4, 0.5) is 0 Å². The lowest BCUT2D eigenvalue weighted by Gasteiger charge is -2.21. The SMILES string of the molecule is CC(C)OP(=O)(OC(C)C)c1cc2ccccc2[nH]1. The van der Waals surface area contributed by atoms with Crippen molar-refractivity contribution in [2.75, 3.05) is 0 Å². The number of hydrogen-bond donors (Lipinski definition) is 1. The molecule has 1 aromatic heterocycles. The summed E-state index contributed by atoms with van der Waals surface area (Å²) in [6, 6.07) is 9.61. The predicted molar refractivity (Wildman–Crippen MR) is 78.0 cm³/mol. The maximum Gasteiger partial charge on any atom is 0.377 e. The molecule has 0 atom stereocenters. The molecule has 1 aromatic carbocycles. The van der Waals surface area contributed by atoms with Gasteiger partial charge in [-0.25, -0.2) is 0 Å². The third kappa shape index (κ3) is 3.27. The highest BCUT2D eigenvalue weighted by molar-refractivity contribution is 7.62. The molecule has 0 aliphatic carbocycles. The van der Waals surface area contributed by atoms with Gasteiger partial charge in [0.25, 0.3) is 0 Å². The van der Waals surface area contributed by atoms with E-state index in [9.17, 15) is 4.57 Å². The van der Waals surface area contributed by atoms with Crippen LogP contribution in [0.2, 0.25) is 0 Å². The summed E-state index contributed by atoms with van der Waals surface area (Å²) in [6.45, 7) is 7.38. The standard InChI is InChI=1S/C14H20NO3P/c1-10(2)17-19(16,18-11(3)4)14-9-12-7-5-6-8-13(12)15-14/h5-11,15H,1-4H3. The van der Waals surface area contributed by atoms with Crippen molar-refractivity contribution >= 4 is 23.9 Å². The van der Waals surface area contributed by atoms with Crippen molar-refractivity contribution in [3.63, 3.8) is 0 Å². The Morgan fingerprint density at radius 1 is 1.05 bits per heavy atom. The van der Waals surface area contributed by atoms with Crippen molar-refractivity contribution in [2.24, 2.45) is 0 Å². The second-order valence-corrected chi connectivity index (χ2v) is 6.95. The minimum Gasteiger partial charge on any atom is -0.348 e. The molecule has 0 saturated carbocycles. The normalized spacial score (nSPS) is 12.7. The maximum absolute atomic E-state index is 12.9. The average molecular weight is 281 g/mol. The van der Waals surface area contributed by atoms with Crippen LogP contribution in [0, 0.1) is 0 Å². The Balaban J connectivity index is 2.44. The Kier molecular flexibility index (Phi) is 4.14. The highest BCUT2D eigenvalue weighted by Gasteiger charge is 2.32. The quantitative estimate of drug-likeness (QED) is 0.847. The summed E-state index contributed by atoms with van der Waals surface area (Å²) in [5, 5.41) is 0.998. The molecule has 0 bridgehead atoms. The molecule has 0 aliphatic rings. The summed E-state index contributed by atoms with van der Waals surface area (Å²) in [5.74, 6) is 0. The van der Waals surface area contributed by atoms with Gasteiger partial charge < -0.3 is 14.0 Å². The van der Waals surface area contributed by atoms with E-state index in [-0.39, 0.29) is 12.2 Å². The molecule has 4 nitrogen and oxygen atoms in total. The molecule has 2 aromatic rings. The Labute approximate surface area is 113 Å². The second kappa shape index (κ2) is 5.49. The number of fused-ring (bicyclic) bond motifs is 1. The van der Waals surface area contributed by atoms with E-state index in [2.05, 4.69) is 4.98 Å². The summed E-state index contributed by atoms with van der Waals surface area (Å²) < 4.78 is 24.1. The van der Waals surface area contributed by atoms with Crippen LogP contribution in [0.15, 0.2) is 30.3 Å². The van der Waals surface area contributed by atoms with Gasteiger partial charge in [0.2, 0.25) is 0 Å². The number of para-hydroxylation sites is 1. The molecule has 5 heteroatoms. The van der Waals surface area contributed by atoms with E-state index in [0.717, 1.165) is 10.9 Å². The highest BCUT2D eigenvalue weighted by atomic mass is 31.2. The van der Waals surface area contributed by atoms with E-state index in [4.69, 9.17) is 9.05 Å². The van der Waals surface area contributed by atoms with E-state index < -0.39 is 7.60 Å². The van der Waals surface area contributed by atoms with Crippen LogP contribution >= 0.6 is 7.60 Å². The molecule has 0 unspecified atom stereocenters. The first-order valence-corrected chi connectivity index (χ1v) is 8.00. The van der Waals surface area contributed by atoms with Gasteiger partial charge in [0, 0.05) is 10.9 Å². The Bertz CT molecular complexity index is 557. The smallest absolute Gasteiger partial charge is 0.348 e. The lowest BCUT2D eigenvalue weighted by Crippen LogP contribution is -2.17. The highest BCUT2D eigenvalue weighted by Crippen LogP contribution is 2.49. The fraction of sp³-hybridized carbons (Fsp3) is 0.429. The molecule has 104 valence electrons. The van der Waals surface area contributed by atoms with Crippen molar-refractivity contribution in [1.82, 2.24) is 4.98 Å². The third-order valence-corrected chi connectivity index (χ3v) is 4.74. The molecule has 1 heterocycles. The van der Waals surface area contributed by atoms with Crippen molar-refractivity contribution in [1.29, 1.82) is 0 Å². The average Bonchev–Trinajstić information content (AvgIpc) is 2.70. The summed E-state index contributed by atoms with van der Waals surface area (Å²) >= 11 is 0. The van der Waals surface area contributed by atoms with Gasteiger partial charge in [0.05, 0.1) is 12.2 Å². The van der Waals surface area contributed by atoms with Crippen molar-refractivity contribution < 1.29 is 13.6 Å². The largest absolute Gasteiger partial charge is 0.377 e. The predicted octanol–water partition coefficient (Wildman–Crippen LogP) is 3.84. The van der Waals surface area contributed by atoms with Gasteiger partial charge in [0.1, 0.15) is 5.44 Å². The fourth-order valence-electron chi connectivity index (χ4n) is 1.90. The minimum absolute atomic E-state index is 0.170. The Morgan fingerprint density at radius 2 is 1.63 bits per heavy atom.